The van der Waals surface area contributed by atoms with Gasteiger partial charge in [0.05, 0.1) is 18.2 Å². The third-order valence-corrected chi connectivity index (χ3v) is 2.28. The van der Waals surface area contributed by atoms with Crippen molar-refractivity contribution in [3.8, 4) is 6.07 Å². The second kappa shape index (κ2) is 5.14. The number of pyridine rings is 1. The van der Waals surface area contributed by atoms with Crippen LogP contribution in [0.3, 0.4) is 0 Å². The molecule has 0 spiro atoms. The third kappa shape index (κ3) is 2.70. The summed E-state index contributed by atoms with van der Waals surface area (Å²) in [4.78, 5) is 3.85. The van der Waals surface area contributed by atoms with Gasteiger partial charge in [-0.05, 0) is 27.6 Å². The first-order valence-electron chi connectivity index (χ1n) is 4.13. The van der Waals surface area contributed by atoms with Crippen LogP contribution in [-0.2, 0) is 13.0 Å². The molecule has 1 rings (SSSR count). The Kier molecular flexibility index (Phi) is 4.12. The molecule has 0 radical (unpaired) electrons. The van der Waals surface area contributed by atoms with Gasteiger partial charge in [-0.25, -0.2) is 13.8 Å². The average molecular weight is 276 g/mol. The third-order valence-electron chi connectivity index (χ3n) is 1.88. The smallest absolute Gasteiger partial charge is 0.265 e. The second-order valence-electron chi connectivity index (χ2n) is 2.80. The lowest BCUT2D eigenvalue weighted by Gasteiger charge is -2.11. The maximum absolute atomic E-state index is 12.7. The molecule has 80 valence electrons. The van der Waals surface area contributed by atoms with Crippen molar-refractivity contribution in [3.05, 3.63) is 27.5 Å². The van der Waals surface area contributed by atoms with Crippen molar-refractivity contribution in [2.45, 2.75) is 19.4 Å². The molecule has 0 saturated heterocycles. The maximum atomic E-state index is 12.7. The van der Waals surface area contributed by atoms with Gasteiger partial charge < -0.3 is 5.73 Å². The fourth-order valence-electron chi connectivity index (χ4n) is 1.27. The molecule has 2 N–H and O–H groups in total. The Morgan fingerprint density at radius 1 is 1.60 bits per heavy atom. The lowest BCUT2D eigenvalue weighted by Crippen LogP contribution is -2.08. The van der Waals surface area contributed by atoms with Crippen molar-refractivity contribution in [2.24, 2.45) is 5.73 Å². The zero-order valence-electron chi connectivity index (χ0n) is 7.67. The summed E-state index contributed by atoms with van der Waals surface area (Å²) in [6.45, 7) is -0.000772. The van der Waals surface area contributed by atoms with Crippen molar-refractivity contribution >= 4 is 15.9 Å². The van der Waals surface area contributed by atoms with Crippen LogP contribution >= 0.6 is 15.9 Å². The summed E-state index contributed by atoms with van der Waals surface area (Å²) in [5.41, 5.74) is 5.54. The fourth-order valence-corrected chi connectivity index (χ4v) is 1.76. The standard InChI is InChI=1S/C9H8BrF2N3/c10-7-3-5(4-14)8(9(11)12)6(15-7)1-2-13/h3,9H,1,4,14H2. The van der Waals surface area contributed by atoms with E-state index in [-0.39, 0.29) is 24.2 Å². The van der Waals surface area contributed by atoms with Crippen molar-refractivity contribution < 1.29 is 8.78 Å². The van der Waals surface area contributed by atoms with Crippen LogP contribution in [-0.4, -0.2) is 4.98 Å². The second-order valence-corrected chi connectivity index (χ2v) is 3.62. The molecule has 0 aromatic carbocycles. The largest absolute Gasteiger partial charge is 0.326 e. The lowest BCUT2D eigenvalue weighted by atomic mass is 10.1. The normalized spacial score (nSPS) is 10.4. The van der Waals surface area contributed by atoms with Gasteiger partial charge in [-0.3, -0.25) is 0 Å². The van der Waals surface area contributed by atoms with E-state index >= 15 is 0 Å². The number of hydrogen-bond acceptors (Lipinski definition) is 3. The molecule has 1 heterocycles. The highest BCUT2D eigenvalue weighted by molar-refractivity contribution is 9.10. The van der Waals surface area contributed by atoms with E-state index in [0.29, 0.717) is 10.2 Å². The number of nitriles is 1. The Labute approximate surface area is 94.0 Å². The van der Waals surface area contributed by atoms with E-state index in [1.165, 1.54) is 6.07 Å². The van der Waals surface area contributed by atoms with Gasteiger partial charge in [0.2, 0.25) is 0 Å². The van der Waals surface area contributed by atoms with Crippen molar-refractivity contribution in [1.82, 2.24) is 4.98 Å². The van der Waals surface area contributed by atoms with Gasteiger partial charge in [-0.1, -0.05) is 0 Å². The Hall–Kier alpha value is -1.06. The minimum Gasteiger partial charge on any atom is -0.326 e. The molecule has 0 amide bonds. The van der Waals surface area contributed by atoms with Crippen LogP contribution in [0.15, 0.2) is 10.7 Å². The molecule has 6 heteroatoms. The number of nitrogens with two attached hydrogens (primary N) is 1. The lowest BCUT2D eigenvalue weighted by molar-refractivity contribution is 0.148. The average Bonchev–Trinajstić information content (AvgIpc) is 2.16. The minimum absolute atomic E-state index is 0.000772. The zero-order valence-corrected chi connectivity index (χ0v) is 9.26. The van der Waals surface area contributed by atoms with E-state index in [1.54, 1.807) is 6.07 Å². The highest BCUT2D eigenvalue weighted by Crippen LogP contribution is 2.28. The first-order valence-corrected chi connectivity index (χ1v) is 4.92. The quantitative estimate of drug-likeness (QED) is 0.861. The predicted molar refractivity (Wildman–Crippen MR) is 54.1 cm³/mol. The molecule has 0 aliphatic rings. The van der Waals surface area contributed by atoms with Crippen molar-refractivity contribution in [1.29, 1.82) is 5.26 Å². The molecule has 1 aromatic heterocycles. The van der Waals surface area contributed by atoms with Crippen molar-refractivity contribution in [3.63, 3.8) is 0 Å². The summed E-state index contributed by atoms with van der Waals surface area (Å²) >= 11 is 3.09. The van der Waals surface area contributed by atoms with Gasteiger partial charge in [0.25, 0.3) is 6.43 Å². The Balaban J connectivity index is 3.34. The molecule has 0 unspecified atom stereocenters. The Morgan fingerprint density at radius 2 is 2.27 bits per heavy atom. The van der Waals surface area contributed by atoms with E-state index in [0.717, 1.165) is 0 Å². The molecular formula is C9H8BrF2N3. The molecule has 0 aliphatic carbocycles. The van der Waals surface area contributed by atoms with E-state index in [2.05, 4.69) is 20.9 Å². The summed E-state index contributed by atoms with van der Waals surface area (Å²) in [6.07, 6.45) is -2.81. The summed E-state index contributed by atoms with van der Waals surface area (Å²) in [6, 6.07) is 3.25. The van der Waals surface area contributed by atoms with Crippen LogP contribution < -0.4 is 5.73 Å². The summed E-state index contributed by atoms with van der Waals surface area (Å²) in [5, 5.41) is 8.50. The number of aromatic nitrogens is 1. The summed E-state index contributed by atoms with van der Waals surface area (Å²) in [7, 11) is 0. The zero-order chi connectivity index (χ0) is 11.4. The van der Waals surface area contributed by atoms with Crippen LogP contribution in [0.25, 0.3) is 0 Å². The Morgan fingerprint density at radius 3 is 2.73 bits per heavy atom. The molecule has 0 atom stereocenters. The summed E-state index contributed by atoms with van der Waals surface area (Å²) < 4.78 is 25.8. The highest BCUT2D eigenvalue weighted by atomic mass is 79.9. The van der Waals surface area contributed by atoms with Crippen LogP contribution in [0.4, 0.5) is 8.78 Å². The molecular weight excluding hydrogens is 268 g/mol. The summed E-state index contributed by atoms with van der Waals surface area (Å²) in [5.74, 6) is 0. The maximum Gasteiger partial charge on any atom is 0.265 e. The molecule has 0 aliphatic heterocycles. The van der Waals surface area contributed by atoms with Crippen LogP contribution in [0.1, 0.15) is 23.2 Å². The van der Waals surface area contributed by atoms with Crippen LogP contribution in [0, 0.1) is 11.3 Å². The monoisotopic (exact) mass is 275 g/mol. The topological polar surface area (TPSA) is 62.7 Å². The number of halogens is 3. The SMILES string of the molecule is N#CCc1nc(Br)cc(CN)c1C(F)F. The first kappa shape index (κ1) is 12.0. The van der Waals surface area contributed by atoms with Gasteiger partial charge >= 0.3 is 0 Å². The molecule has 0 saturated carbocycles. The fraction of sp³-hybridized carbons (Fsp3) is 0.333. The number of rotatable bonds is 3. The number of nitrogens with zero attached hydrogens (tertiary/aromatic N) is 2. The van der Waals surface area contributed by atoms with E-state index in [9.17, 15) is 8.78 Å². The Bertz CT molecular complexity index is 401. The molecule has 1 aromatic rings. The van der Waals surface area contributed by atoms with E-state index in [1.807, 2.05) is 0 Å². The van der Waals surface area contributed by atoms with E-state index in [4.69, 9.17) is 11.0 Å². The molecule has 0 fully saturated rings. The predicted octanol–water partition coefficient (Wildman–Crippen LogP) is 2.31. The number of alkyl halides is 2. The van der Waals surface area contributed by atoms with Crippen molar-refractivity contribution in [2.75, 3.05) is 0 Å². The minimum atomic E-state index is -2.66. The van der Waals surface area contributed by atoms with Gasteiger partial charge in [-0.15, -0.1) is 0 Å². The van der Waals surface area contributed by atoms with E-state index < -0.39 is 6.43 Å². The van der Waals surface area contributed by atoms with Gasteiger partial charge in [0.15, 0.2) is 0 Å². The van der Waals surface area contributed by atoms with Gasteiger partial charge in [0, 0.05) is 12.1 Å². The number of hydrogen-bond donors (Lipinski definition) is 1. The van der Waals surface area contributed by atoms with Gasteiger partial charge in [0.1, 0.15) is 4.60 Å². The van der Waals surface area contributed by atoms with Crippen LogP contribution in [0.2, 0.25) is 0 Å². The molecule has 0 bridgehead atoms. The highest BCUT2D eigenvalue weighted by Gasteiger charge is 2.19. The molecule has 3 nitrogen and oxygen atoms in total. The first-order chi connectivity index (χ1) is 7.10. The molecule has 15 heavy (non-hydrogen) atoms. The van der Waals surface area contributed by atoms with Crippen LogP contribution in [0.5, 0.6) is 0 Å². The van der Waals surface area contributed by atoms with Gasteiger partial charge in [-0.2, -0.15) is 5.26 Å².